The standard InChI is InChI=1S/C31H64O8/c1-10-18-34-22-23-37-29(7,12-3)16-20-38-31(9,14-5)28(6,11-2)26-39-30(8,13-4)15-19-35-24-27(33)25-36-21-17-32/h27,32-33H,10-26H2,1-9H3. The fourth-order valence-corrected chi connectivity index (χ4v) is 4.29. The molecule has 0 aliphatic carbocycles. The van der Waals surface area contributed by atoms with Crippen LogP contribution in [0.25, 0.3) is 0 Å². The van der Waals surface area contributed by atoms with Crippen molar-refractivity contribution in [3.8, 4) is 0 Å². The van der Waals surface area contributed by atoms with Gasteiger partial charge in [-0.25, -0.2) is 0 Å². The molecule has 0 fully saturated rings. The Morgan fingerprint density at radius 3 is 1.72 bits per heavy atom. The smallest absolute Gasteiger partial charge is 0.101 e. The predicted molar refractivity (Wildman–Crippen MR) is 157 cm³/mol. The molecule has 0 bridgehead atoms. The van der Waals surface area contributed by atoms with Gasteiger partial charge in [-0.15, -0.1) is 0 Å². The van der Waals surface area contributed by atoms with Crippen LogP contribution in [0.4, 0.5) is 0 Å². The number of aliphatic hydroxyl groups is 2. The third kappa shape index (κ3) is 14.9. The van der Waals surface area contributed by atoms with Crippen molar-refractivity contribution >= 4 is 0 Å². The minimum Gasteiger partial charge on any atom is -0.394 e. The first-order valence-electron chi connectivity index (χ1n) is 15.4. The Balaban J connectivity index is 4.92. The molecule has 236 valence electrons. The van der Waals surface area contributed by atoms with E-state index in [1.54, 1.807) is 0 Å². The quantitative estimate of drug-likeness (QED) is 0.125. The summed E-state index contributed by atoms with van der Waals surface area (Å²) in [5, 5.41) is 18.7. The van der Waals surface area contributed by atoms with E-state index in [4.69, 9.17) is 33.5 Å². The molecule has 0 radical (unpaired) electrons. The van der Waals surface area contributed by atoms with Crippen molar-refractivity contribution in [1.82, 2.24) is 0 Å². The lowest BCUT2D eigenvalue weighted by Gasteiger charge is -2.47. The van der Waals surface area contributed by atoms with Gasteiger partial charge in [-0.1, -0.05) is 41.5 Å². The van der Waals surface area contributed by atoms with Crippen molar-refractivity contribution in [3.63, 3.8) is 0 Å². The monoisotopic (exact) mass is 564 g/mol. The van der Waals surface area contributed by atoms with Crippen LogP contribution in [-0.4, -0.2) is 99.2 Å². The molecule has 0 aromatic heterocycles. The van der Waals surface area contributed by atoms with Gasteiger partial charge in [0.15, 0.2) is 0 Å². The molecule has 0 saturated heterocycles. The molecule has 5 unspecified atom stereocenters. The molecule has 0 aliphatic heterocycles. The highest BCUT2D eigenvalue weighted by Crippen LogP contribution is 2.42. The van der Waals surface area contributed by atoms with E-state index in [9.17, 15) is 5.11 Å². The van der Waals surface area contributed by atoms with E-state index in [1.165, 1.54) is 0 Å². The predicted octanol–water partition coefficient (Wildman–Crippen LogP) is 5.55. The van der Waals surface area contributed by atoms with Crippen LogP contribution in [0.2, 0.25) is 0 Å². The summed E-state index contributed by atoms with van der Waals surface area (Å²) in [6, 6.07) is 0. The molecule has 5 atom stereocenters. The number of hydrogen-bond donors (Lipinski definition) is 2. The van der Waals surface area contributed by atoms with Crippen molar-refractivity contribution in [3.05, 3.63) is 0 Å². The lowest BCUT2D eigenvalue weighted by molar-refractivity contribution is -0.181. The Morgan fingerprint density at radius 2 is 1.18 bits per heavy atom. The number of rotatable bonds is 27. The first kappa shape index (κ1) is 38.7. The van der Waals surface area contributed by atoms with E-state index >= 15 is 0 Å². The van der Waals surface area contributed by atoms with Crippen LogP contribution in [-0.2, 0) is 28.4 Å². The average Bonchev–Trinajstić information content (AvgIpc) is 2.93. The molecule has 0 aromatic rings. The molecule has 0 aliphatic rings. The van der Waals surface area contributed by atoms with E-state index in [0.717, 1.165) is 51.6 Å². The van der Waals surface area contributed by atoms with Crippen molar-refractivity contribution in [2.45, 2.75) is 130 Å². The van der Waals surface area contributed by atoms with E-state index in [0.29, 0.717) is 33.0 Å². The van der Waals surface area contributed by atoms with Gasteiger partial charge < -0.3 is 38.6 Å². The van der Waals surface area contributed by atoms with Gasteiger partial charge in [0.25, 0.3) is 0 Å². The molecule has 0 rings (SSSR count). The zero-order valence-electron chi connectivity index (χ0n) is 26.9. The first-order valence-corrected chi connectivity index (χ1v) is 15.4. The molecule has 0 aromatic carbocycles. The average molecular weight is 565 g/mol. The minimum atomic E-state index is -0.703. The van der Waals surface area contributed by atoms with Crippen LogP contribution >= 0.6 is 0 Å². The highest BCUT2D eigenvalue weighted by molar-refractivity contribution is 4.94. The van der Waals surface area contributed by atoms with Crippen LogP contribution in [0.1, 0.15) is 107 Å². The van der Waals surface area contributed by atoms with E-state index in [-0.39, 0.29) is 48.6 Å². The van der Waals surface area contributed by atoms with Gasteiger partial charge in [-0.3, -0.25) is 0 Å². The van der Waals surface area contributed by atoms with Gasteiger partial charge in [0.1, 0.15) is 6.10 Å². The summed E-state index contributed by atoms with van der Waals surface area (Å²) in [4.78, 5) is 0. The molecular formula is C31H64O8. The molecule has 39 heavy (non-hydrogen) atoms. The second-order valence-corrected chi connectivity index (χ2v) is 11.7. The molecular weight excluding hydrogens is 500 g/mol. The van der Waals surface area contributed by atoms with Gasteiger partial charge in [0.05, 0.1) is 69.7 Å². The normalized spacial score (nSPS) is 19.2. The van der Waals surface area contributed by atoms with Crippen LogP contribution in [0.15, 0.2) is 0 Å². The Labute approximate surface area is 240 Å². The van der Waals surface area contributed by atoms with Crippen LogP contribution < -0.4 is 0 Å². The third-order valence-electron chi connectivity index (χ3n) is 8.68. The molecule has 0 heterocycles. The van der Waals surface area contributed by atoms with Gasteiger partial charge in [0.2, 0.25) is 0 Å². The molecule has 8 heteroatoms. The Morgan fingerprint density at radius 1 is 0.590 bits per heavy atom. The first-order chi connectivity index (χ1) is 18.4. The lowest BCUT2D eigenvalue weighted by Crippen LogP contribution is -2.50. The van der Waals surface area contributed by atoms with Crippen molar-refractivity contribution < 1.29 is 38.6 Å². The fourth-order valence-electron chi connectivity index (χ4n) is 4.29. The maximum atomic E-state index is 9.94. The summed E-state index contributed by atoms with van der Waals surface area (Å²) in [7, 11) is 0. The lowest BCUT2D eigenvalue weighted by atomic mass is 9.71. The maximum Gasteiger partial charge on any atom is 0.101 e. The van der Waals surface area contributed by atoms with Gasteiger partial charge >= 0.3 is 0 Å². The van der Waals surface area contributed by atoms with Crippen molar-refractivity contribution in [2.24, 2.45) is 5.41 Å². The fraction of sp³-hybridized carbons (Fsp3) is 1.00. The highest BCUT2D eigenvalue weighted by Gasteiger charge is 2.45. The summed E-state index contributed by atoms with van der Waals surface area (Å²) < 4.78 is 35.9. The molecule has 0 spiro atoms. The summed E-state index contributed by atoms with van der Waals surface area (Å²) in [6.07, 6.45) is 5.47. The SMILES string of the molecule is CCCOCCOC(C)(CC)CCOC(C)(CC)C(C)(CC)COC(C)(CC)CCOCC(O)COCCO. The van der Waals surface area contributed by atoms with Crippen LogP contribution in [0, 0.1) is 5.41 Å². The molecule has 0 amide bonds. The number of hydrogen-bond acceptors (Lipinski definition) is 8. The minimum absolute atomic E-state index is 0.0554. The molecule has 2 N–H and O–H groups in total. The van der Waals surface area contributed by atoms with E-state index in [1.807, 2.05) is 0 Å². The van der Waals surface area contributed by atoms with Crippen molar-refractivity contribution in [1.29, 1.82) is 0 Å². The summed E-state index contributed by atoms with van der Waals surface area (Å²) >= 11 is 0. The largest absolute Gasteiger partial charge is 0.394 e. The second-order valence-electron chi connectivity index (χ2n) is 11.7. The Kier molecular flexibility index (Phi) is 20.4. The maximum absolute atomic E-state index is 9.94. The molecule has 0 saturated carbocycles. The summed E-state index contributed by atoms with van der Waals surface area (Å²) in [5.74, 6) is 0. The van der Waals surface area contributed by atoms with Gasteiger partial charge in [0, 0.05) is 18.6 Å². The zero-order chi connectivity index (χ0) is 29.8. The van der Waals surface area contributed by atoms with Crippen LogP contribution in [0.5, 0.6) is 0 Å². The molecule has 8 nitrogen and oxygen atoms in total. The van der Waals surface area contributed by atoms with Crippen molar-refractivity contribution in [2.75, 3.05) is 66.1 Å². The van der Waals surface area contributed by atoms with Crippen LogP contribution in [0.3, 0.4) is 0 Å². The Hall–Kier alpha value is -0.320. The topological polar surface area (TPSA) is 95.8 Å². The van der Waals surface area contributed by atoms with Gasteiger partial charge in [-0.05, 0) is 65.7 Å². The summed E-state index contributed by atoms with van der Waals surface area (Å²) in [5.41, 5.74) is -1.08. The van der Waals surface area contributed by atoms with E-state index < -0.39 is 6.10 Å². The highest BCUT2D eigenvalue weighted by atomic mass is 16.5. The zero-order valence-corrected chi connectivity index (χ0v) is 26.9. The number of ether oxygens (including phenoxy) is 6. The van der Waals surface area contributed by atoms with Gasteiger partial charge in [-0.2, -0.15) is 0 Å². The summed E-state index contributed by atoms with van der Waals surface area (Å²) in [6.45, 7) is 23.8. The second kappa shape index (κ2) is 20.5. The number of aliphatic hydroxyl groups excluding tert-OH is 2. The third-order valence-corrected chi connectivity index (χ3v) is 8.68. The Bertz CT molecular complexity index is 593. The van der Waals surface area contributed by atoms with E-state index in [2.05, 4.69) is 62.3 Å².